The number of aromatic nitrogens is 2. The van der Waals surface area contributed by atoms with Crippen LogP contribution >= 0.6 is 0 Å². The maximum Gasteiger partial charge on any atom is 0.256 e. The van der Waals surface area contributed by atoms with Crippen molar-refractivity contribution in [3.05, 3.63) is 18.2 Å². The van der Waals surface area contributed by atoms with Crippen molar-refractivity contribution >= 4 is 0 Å². The molecule has 1 aromatic rings. The molecule has 1 heterocycles. The topological polar surface area (TPSA) is 8.81 Å². The highest BCUT2D eigenvalue weighted by Crippen LogP contribution is 2.15. The van der Waals surface area contributed by atoms with Gasteiger partial charge < -0.3 is 0 Å². The minimum atomic E-state index is 1.22. The first-order valence-corrected chi connectivity index (χ1v) is 17.4. The third-order valence-corrected chi connectivity index (χ3v) is 8.35. The first-order valence-electron chi connectivity index (χ1n) is 17.4. The highest BCUT2D eigenvalue weighted by Gasteiger charge is 2.16. The Bertz CT molecular complexity index is 576. The monoisotopic (exact) mass is 518 g/mol. The average Bonchev–Trinajstić information content (AvgIpc) is 3.29. The van der Waals surface area contributed by atoms with Crippen LogP contribution in [0.3, 0.4) is 0 Å². The van der Waals surface area contributed by atoms with E-state index in [4.69, 9.17) is 0 Å². The van der Waals surface area contributed by atoms with Crippen LogP contribution in [0.1, 0.15) is 194 Å². The van der Waals surface area contributed by atoms with Gasteiger partial charge in [0.2, 0.25) is 0 Å². The van der Waals surface area contributed by atoms with Crippen molar-refractivity contribution in [2.24, 2.45) is 0 Å². The molecule has 2 heteroatoms. The Labute approximate surface area is 234 Å². The Morgan fingerprint density at radius 2 is 0.838 bits per heavy atom. The zero-order chi connectivity index (χ0) is 26.7. The lowest BCUT2D eigenvalue weighted by atomic mass is 10.0. The van der Waals surface area contributed by atoms with Crippen LogP contribution in [0, 0.1) is 0 Å². The van der Waals surface area contributed by atoms with Crippen molar-refractivity contribution < 1.29 is 4.57 Å². The fourth-order valence-corrected chi connectivity index (χ4v) is 5.80. The predicted molar refractivity (Wildman–Crippen MR) is 165 cm³/mol. The fourth-order valence-electron chi connectivity index (χ4n) is 5.80. The van der Waals surface area contributed by atoms with E-state index < -0.39 is 0 Å². The van der Waals surface area contributed by atoms with Crippen molar-refractivity contribution in [3.8, 4) is 0 Å². The summed E-state index contributed by atoms with van der Waals surface area (Å²) in [5.74, 6) is 1.60. The first-order chi connectivity index (χ1) is 18.3. The van der Waals surface area contributed by atoms with Gasteiger partial charge in [0, 0.05) is 6.42 Å². The fraction of sp³-hybridized carbons (Fsp3) is 0.914. The molecule has 0 fully saturated rings. The molecule has 0 amide bonds. The second-order valence-electron chi connectivity index (χ2n) is 12.0. The van der Waals surface area contributed by atoms with E-state index >= 15 is 0 Å². The van der Waals surface area contributed by atoms with Crippen LogP contribution in [0.4, 0.5) is 0 Å². The smallest absolute Gasteiger partial charge is 0.234 e. The lowest BCUT2D eigenvalue weighted by Crippen LogP contribution is -2.37. The second kappa shape index (κ2) is 26.8. The predicted octanol–water partition coefficient (Wildman–Crippen LogP) is 11.5. The van der Waals surface area contributed by atoms with Gasteiger partial charge in [0.25, 0.3) is 5.82 Å². The average molecular weight is 518 g/mol. The number of aryl methyl sites for hydroxylation is 2. The Hall–Kier alpha value is -0.790. The summed E-state index contributed by atoms with van der Waals surface area (Å²) >= 11 is 0. The van der Waals surface area contributed by atoms with Gasteiger partial charge >= 0.3 is 0 Å². The molecule has 0 atom stereocenters. The van der Waals surface area contributed by atoms with Gasteiger partial charge in [-0.15, -0.1) is 0 Å². The van der Waals surface area contributed by atoms with Gasteiger partial charge in [0.15, 0.2) is 0 Å². The van der Waals surface area contributed by atoms with Crippen LogP contribution in [0.25, 0.3) is 0 Å². The van der Waals surface area contributed by atoms with Gasteiger partial charge in [-0.25, -0.2) is 9.13 Å². The van der Waals surface area contributed by atoms with Gasteiger partial charge in [-0.3, -0.25) is 0 Å². The minimum absolute atomic E-state index is 1.22. The summed E-state index contributed by atoms with van der Waals surface area (Å²) < 4.78 is 5.19. The van der Waals surface area contributed by atoms with Crippen LogP contribution in [0.15, 0.2) is 12.4 Å². The Kier molecular flexibility index (Phi) is 24.8. The summed E-state index contributed by atoms with van der Waals surface area (Å²) in [7, 11) is 0. The number of hydrogen-bond acceptors (Lipinski definition) is 0. The van der Waals surface area contributed by atoms with Gasteiger partial charge in [-0.2, -0.15) is 0 Å². The lowest BCUT2D eigenvalue weighted by Gasteiger charge is -2.07. The zero-order valence-corrected chi connectivity index (χ0v) is 26.1. The molecule has 0 N–H and O–H groups in total. The molecule has 0 saturated carbocycles. The molecule has 0 spiro atoms. The van der Waals surface area contributed by atoms with E-state index in [1.165, 1.54) is 186 Å². The second-order valence-corrected chi connectivity index (χ2v) is 12.0. The van der Waals surface area contributed by atoms with Crippen molar-refractivity contribution in [1.82, 2.24) is 4.57 Å². The van der Waals surface area contributed by atoms with Crippen LogP contribution in [0.5, 0.6) is 0 Å². The van der Waals surface area contributed by atoms with E-state index in [-0.39, 0.29) is 0 Å². The molecule has 37 heavy (non-hydrogen) atoms. The van der Waals surface area contributed by atoms with Crippen molar-refractivity contribution in [2.75, 3.05) is 0 Å². The molecule has 0 aliphatic carbocycles. The summed E-state index contributed by atoms with van der Waals surface area (Å²) in [4.78, 5) is 0. The largest absolute Gasteiger partial charge is 0.256 e. The van der Waals surface area contributed by atoms with E-state index in [0.717, 1.165) is 0 Å². The molecule has 2 nitrogen and oxygen atoms in total. The number of hydrogen-bond donors (Lipinski definition) is 0. The number of unbranched alkanes of at least 4 members (excludes halogenated alkanes) is 23. The lowest BCUT2D eigenvalue weighted by molar-refractivity contribution is -0.704. The van der Waals surface area contributed by atoms with E-state index in [1.807, 2.05) is 0 Å². The summed E-state index contributed by atoms with van der Waals surface area (Å²) in [6, 6.07) is 0. The van der Waals surface area contributed by atoms with E-state index in [0.29, 0.717) is 0 Å². The molecule has 0 aliphatic heterocycles. The molecule has 0 aliphatic rings. The first kappa shape index (κ1) is 34.2. The molecule has 1 rings (SSSR count). The number of nitrogens with zero attached hydrogens (tertiary/aromatic N) is 2. The molecule has 0 saturated heterocycles. The molecule has 0 unspecified atom stereocenters. The van der Waals surface area contributed by atoms with Crippen LogP contribution < -0.4 is 4.57 Å². The summed E-state index contributed by atoms with van der Waals surface area (Å²) in [6.07, 6.45) is 43.0. The molecular weight excluding hydrogens is 448 g/mol. The van der Waals surface area contributed by atoms with Crippen LogP contribution in [-0.4, -0.2) is 4.57 Å². The SMILES string of the molecule is CCCCCCCCCCCCCCCCCCCc1n(CCCCCC)cc[n+]1CCCCCCC. The van der Waals surface area contributed by atoms with Crippen molar-refractivity contribution in [1.29, 1.82) is 0 Å². The Morgan fingerprint density at radius 1 is 0.459 bits per heavy atom. The van der Waals surface area contributed by atoms with Crippen molar-refractivity contribution in [3.63, 3.8) is 0 Å². The van der Waals surface area contributed by atoms with Gasteiger partial charge in [0.05, 0.1) is 13.1 Å². The van der Waals surface area contributed by atoms with Gasteiger partial charge in [-0.1, -0.05) is 156 Å². The zero-order valence-electron chi connectivity index (χ0n) is 26.1. The summed E-state index contributed by atoms with van der Waals surface area (Å²) in [6.45, 7) is 9.37. The quantitative estimate of drug-likeness (QED) is 0.0737. The molecular formula is C35H69N2+. The Balaban J connectivity index is 2.11. The number of rotatable bonds is 29. The molecule has 0 bridgehead atoms. The Morgan fingerprint density at radius 3 is 1.30 bits per heavy atom. The van der Waals surface area contributed by atoms with Gasteiger partial charge in [0.1, 0.15) is 12.4 Å². The third-order valence-electron chi connectivity index (χ3n) is 8.35. The standard InChI is InChI=1S/C35H69N2/c1-4-7-10-13-14-15-16-17-18-19-20-21-22-23-24-25-27-30-35-36(31-28-12-9-6-3)33-34-37(35)32-29-26-11-8-5-2/h33-34H,4-32H2,1-3H3/q+1. The third kappa shape index (κ3) is 19.9. The molecule has 218 valence electrons. The van der Waals surface area contributed by atoms with Crippen LogP contribution in [0.2, 0.25) is 0 Å². The maximum atomic E-state index is 2.60. The maximum absolute atomic E-state index is 2.60. The van der Waals surface area contributed by atoms with Gasteiger partial charge in [-0.05, 0) is 32.1 Å². The van der Waals surface area contributed by atoms with Crippen LogP contribution in [-0.2, 0) is 19.5 Å². The summed E-state index contributed by atoms with van der Waals surface area (Å²) in [5.41, 5.74) is 0. The van der Waals surface area contributed by atoms with E-state index in [2.05, 4.69) is 42.3 Å². The highest BCUT2D eigenvalue weighted by atomic mass is 15.1. The minimum Gasteiger partial charge on any atom is -0.234 e. The summed E-state index contributed by atoms with van der Waals surface area (Å²) in [5, 5.41) is 0. The normalized spacial score (nSPS) is 11.5. The van der Waals surface area contributed by atoms with E-state index in [1.54, 1.807) is 5.82 Å². The molecule has 0 radical (unpaired) electrons. The highest BCUT2D eigenvalue weighted by molar-refractivity contribution is 4.84. The molecule has 1 aromatic heterocycles. The van der Waals surface area contributed by atoms with Crippen molar-refractivity contribution in [2.45, 2.75) is 207 Å². The van der Waals surface area contributed by atoms with E-state index in [9.17, 15) is 0 Å². The molecule has 0 aromatic carbocycles. The number of imidazole rings is 1.